The number of aryl methyl sites for hydroxylation is 1. The van der Waals surface area contributed by atoms with E-state index in [4.69, 9.17) is 5.73 Å². The van der Waals surface area contributed by atoms with Crippen molar-refractivity contribution in [3.8, 4) is 0 Å². The molecule has 0 aliphatic rings. The highest BCUT2D eigenvalue weighted by atomic mass is 14.7. The Morgan fingerprint density at radius 3 is 2.29 bits per heavy atom. The molecule has 0 radical (unpaired) electrons. The van der Waals surface area contributed by atoms with E-state index in [1.165, 1.54) is 5.56 Å². The van der Waals surface area contributed by atoms with E-state index >= 15 is 0 Å². The molecular weight excluding hydrogens is 208 g/mol. The average molecular weight is 226 g/mol. The first kappa shape index (κ1) is 11.8. The first-order chi connectivity index (χ1) is 8.18. The minimum absolute atomic E-state index is 0.00880. The predicted molar refractivity (Wildman–Crippen MR) is 70.8 cm³/mol. The summed E-state index contributed by atoms with van der Waals surface area (Å²) in [6.07, 6.45) is 1.87. The van der Waals surface area contributed by atoms with Crippen LogP contribution in [-0.2, 0) is 0 Å². The zero-order valence-corrected chi connectivity index (χ0v) is 10.3. The third-order valence-electron chi connectivity index (χ3n) is 3.18. The van der Waals surface area contributed by atoms with Gasteiger partial charge in [0.25, 0.3) is 0 Å². The molecule has 2 atom stereocenters. The van der Waals surface area contributed by atoms with Crippen molar-refractivity contribution >= 4 is 0 Å². The largest absolute Gasteiger partial charge is 0.323 e. The van der Waals surface area contributed by atoms with Gasteiger partial charge >= 0.3 is 0 Å². The highest BCUT2D eigenvalue weighted by Crippen LogP contribution is 2.27. The SMILES string of the molecule is Cc1ccc(C(N)C(C)c2ccccc2)cn1. The Kier molecular flexibility index (Phi) is 3.55. The highest BCUT2D eigenvalue weighted by molar-refractivity contribution is 5.26. The summed E-state index contributed by atoms with van der Waals surface area (Å²) in [5.74, 6) is 0.292. The van der Waals surface area contributed by atoms with Crippen molar-refractivity contribution in [1.29, 1.82) is 0 Å². The number of nitrogens with zero attached hydrogens (tertiary/aromatic N) is 1. The van der Waals surface area contributed by atoms with Gasteiger partial charge in [-0.05, 0) is 24.1 Å². The Morgan fingerprint density at radius 1 is 1.00 bits per heavy atom. The maximum Gasteiger partial charge on any atom is 0.0377 e. The lowest BCUT2D eigenvalue weighted by Crippen LogP contribution is -2.17. The van der Waals surface area contributed by atoms with E-state index in [2.05, 4.69) is 30.1 Å². The molecule has 0 spiro atoms. The fourth-order valence-corrected chi connectivity index (χ4v) is 1.93. The molecule has 1 heterocycles. The molecule has 2 nitrogen and oxygen atoms in total. The van der Waals surface area contributed by atoms with E-state index in [1.54, 1.807) is 0 Å². The summed E-state index contributed by atoms with van der Waals surface area (Å²) in [4.78, 5) is 4.30. The van der Waals surface area contributed by atoms with Gasteiger partial charge in [-0.3, -0.25) is 4.98 Å². The summed E-state index contributed by atoms with van der Waals surface area (Å²) in [7, 11) is 0. The summed E-state index contributed by atoms with van der Waals surface area (Å²) in [5.41, 5.74) is 9.66. The van der Waals surface area contributed by atoms with Gasteiger partial charge in [0, 0.05) is 23.9 Å². The van der Waals surface area contributed by atoms with Crippen molar-refractivity contribution in [2.75, 3.05) is 0 Å². The minimum atomic E-state index is -0.00880. The second-order valence-electron chi connectivity index (χ2n) is 4.46. The van der Waals surface area contributed by atoms with Crippen molar-refractivity contribution < 1.29 is 0 Å². The van der Waals surface area contributed by atoms with E-state index in [0.29, 0.717) is 5.92 Å². The molecule has 0 amide bonds. The lowest BCUT2D eigenvalue weighted by molar-refractivity contribution is 0.596. The first-order valence-electron chi connectivity index (χ1n) is 5.91. The number of benzene rings is 1. The Morgan fingerprint density at radius 2 is 1.71 bits per heavy atom. The van der Waals surface area contributed by atoms with Crippen LogP contribution in [0, 0.1) is 6.92 Å². The molecule has 0 saturated heterocycles. The van der Waals surface area contributed by atoms with Crippen molar-refractivity contribution in [2.45, 2.75) is 25.8 Å². The molecule has 2 rings (SSSR count). The lowest BCUT2D eigenvalue weighted by Gasteiger charge is -2.20. The fraction of sp³-hybridized carbons (Fsp3) is 0.267. The molecule has 17 heavy (non-hydrogen) atoms. The maximum absolute atomic E-state index is 6.28. The summed E-state index contributed by atoms with van der Waals surface area (Å²) < 4.78 is 0. The van der Waals surface area contributed by atoms with Gasteiger partial charge in [0.2, 0.25) is 0 Å². The van der Waals surface area contributed by atoms with Crippen LogP contribution in [0.1, 0.15) is 35.7 Å². The molecule has 0 aliphatic carbocycles. The van der Waals surface area contributed by atoms with Crippen molar-refractivity contribution in [1.82, 2.24) is 4.98 Å². The summed E-state index contributed by atoms with van der Waals surface area (Å²) in [5, 5.41) is 0. The van der Waals surface area contributed by atoms with Crippen LogP contribution in [0.5, 0.6) is 0 Å². The van der Waals surface area contributed by atoms with Crippen molar-refractivity contribution in [3.05, 3.63) is 65.5 Å². The van der Waals surface area contributed by atoms with E-state index < -0.39 is 0 Å². The molecule has 0 aliphatic heterocycles. The predicted octanol–water partition coefficient (Wildman–Crippen LogP) is 3.19. The summed E-state index contributed by atoms with van der Waals surface area (Å²) >= 11 is 0. The monoisotopic (exact) mass is 226 g/mol. The zero-order chi connectivity index (χ0) is 12.3. The second-order valence-corrected chi connectivity index (χ2v) is 4.46. The average Bonchev–Trinajstić information content (AvgIpc) is 2.39. The van der Waals surface area contributed by atoms with Crippen LogP contribution in [0.25, 0.3) is 0 Å². The molecule has 2 N–H and O–H groups in total. The number of aromatic nitrogens is 1. The van der Waals surface area contributed by atoms with E-state index in [0.717, 1.165) is 11.3 Å². The van der Waals surface area contributed by atoms with Crippen LogP contribution in [0.3, 0.4) is 0 Å². The quantitative estimate of drug-likeness (QED) is 0.873. The van der Waals surface area contributed by atoms with E-state index in [1.807, 2.05) is 37.4 Å². The third-order valence-corrected chi connectivity index (χ3v) is 3.18. The van der Waals surface area contributed by atoms with Gasteiger partial charge in [-0.2, -0.15) is 0 Å². The molecular formula is C15H18N2. The molecule has 0 bridgehead atoms. The normalized spacial score (nSPS) is 14.3. The van der Waals surface area contributed by atoms with Gasteiger partial charge in [-0.15, -0.1) is 0 Å². The fourth-order valence-electron chi connectivity index (χ4n) is 1.93. The summed E-state index contributed by atoms with van der Waals surface area (Å²) in [6, 6.07) is 14.4. The maximum atomic E-state index is 6.28. The molecule has 1 aromatic heterocycles. The Labute approximate surface area is 103 Å². The topological polar surface area (TPSA) is 38.9 Å². The van der Waals surface area contributed by atoms with Crippen LogP contribution < -0.4 is 5.73 Å². The van der Waals surface area contributed by atoms with Gasteiger partial charge in [0.15, 0.2) is 0 Å². The van der Waals surface area contributed by atoms with E-state index in [-0.39, 0.29) is 6.04 Å². The van der Waals surface area contributed by atoms with Crippen LogP contribution in [-0.4, -0.2) is 4.98 Å². The number of hydrogen-bond donors (Lipinski definition) is 1. The Bertz CT molecular complexity index is 462. The molecule has 2 heteroatoms. The lowest BCUT2D eigenvalue weighted by atomic mass is 9.90. The molecule has 88 valence electrons. The highest BCUT2D eigenvalue weighted by Gasteiger charge is 2.16. The van der Waals surface area contributed by atoms with Gasteiger partial charge in [-0.1, -0.05) is 43.3 Å². The summed E-state index contributed by atoms with van der Waals surface area (Å²) in [6.45, 7) is 4.13. The smallest absolute Gasteiger partial charge is 0.0377 e. The van der Waals surface area contributed by atoms with Crippen molar-refractivity contribution in [3.63, 3.8) is 0 Å². The van der Waals surface area contributed by atoms with Crippen LogP contribution >= 0.6 is 0 Å². The van der Waals surface area contributed by atoms with Gasteiger partial charge in [0.05, 0.1) is 0 Å². The molecule has 0 saturated carbocycles. The van der Waals surface area contributed by atoms with Gasteiger partial charge in [0.1, 0.15) is 0 Å². The van der Waals surface area contributed by atoms with Crippen LogP contribution in [0.15, 0.2) is 48.7 Å². The zero-order valence-electron chi connectivity index (χ0n) is 10.3. The van der Waals surface area contributed by atoms with E-state index in [9.17, 15) is 0 Å². The van der Waals surface area contributed by atoms with Gasteiger partial charge in [-0.25, -0.2) is 0 Å². The number of hydrogen-bond acceptors (Lipinski definition) is 2. The number of rotatable bonds is 3. The number of pyridine rings is 1. The molecule has 0 fully saturated rings. The second kappa shape index (κ2) is 5.11. The van der Waals surface area contributed by atoms with Crippen LogP contribution in [0.2, 0.25) is 0 Å². The van der Waals surface area contributed by atoms with Crippen LogP contribution in [0.4, 0.5) is 0 Å². The molecule has 1 aromatic carbocycles. The standard InChI is InChI=1S/C15H18N2/c1-11-8-9-14(10-17-11)15(16)12(2)13-6-4-3-5-7-13/h3-10,12,15H,16H2,1-2H3. The third kappa shape index (κ3) is 2.71. The molecule has 2 aromatic rings. The Balaban J connectivity index is 2.20. The first-order valence-corrected chi connectivity index (χ1v) is 5.91. The minimum Gasteiger partial charge on any atom is -0.323 e. The number of nitrogens with two attached hydrogens (primary N) is 1. The molecule has 2 unspecified atom stereocenters. The van der Waals surface area contributed by atoms with Crippen molar-refractivity contribution in [2.24, 2.45) is 5.73 Å². The van der Waals surface area contributed by atoms with Gasteiger partial charge < -0.3 is 5.73 Å². The Hall–Kier alpha value is -1.67.